The summed E-state index contributed by atoms with van der Waals surface area (Å²) in [5, 5.41) is 12.2. The topological polar surface area (TPSA) is 134 Å². The van der Waals surface area contributed by atoms with Gasteiger partial charge in [-0.1, -0.05) is 17.3 Å². The summed E-state index contributed by atoms with van der Waals surface area (Å²) < 4.78 is 38.9. The van der Waals surface area contributed by atoms with Crippen LogP contribution in [-0.2, 0) is 26.8 Å². The Morgan fingerprint density at radius 2 is 1.81 bits per heavy atom. The van der Waals surface area contributed by atoms with Gasteiger partial charge in [0.05, 0.1) is 16.0 Å². The monoisotopic (exact) mass is 441 g/mol. The minimum Gasteiger partial charge on any atom is -0.454 e. The van der Waals surface area contributed by atoms with Crippen molar-refractivity contribution in [2.75, 3.05) is 6.79 Å². The highest BCUT2D eigenvalue weighted by atomic mass is 32.2. The van der Waals surface area contributed by atoms with Crippen molar-refractivity contribution >= 4 is 15.9 Å². The summed E-state index contributed by atoms with van der Waals surface area (Å²) in [5.74, 6) is 1.72. The fourth-order valence-electron chi connectivity index (χ4n) is 3.56. The maximum atomic E-state index is 12.9. The van der Waals surface area contributed by atoms with Gasteiger partial charge in [0.25, 0.3) is 0 Å². The Bertz CT molecular complexity index is 1260. The van der Waals surface area contributed by atoms with Gasteiger partial charge in [-0.2, -0.15) is 0 Å². The van der Waals surface area contributed by atoms with Crippen molar-refractivity contribution in [2.45, 2.75) is 29.7 Å². The lowest BCUT2D eigenvalue weighted by Crippen LogP contribution is -2.34. The maximum absolute atomic E-state index is 12.9. The third-order valence-corrected chi connectivity index (χ3v) is 6.48. The molecule has 3 N–H and O–H groups in total. The van der Waals surface area contributed by atoms with Gasteiger partial charge in [0.2, 0.25) is 22.7 Å². The van der Waals surface area contributed by atoms with E-state index in [-0.39, 0.29) is 24.1 Å². The van der Waals surface area contributed by atoms with Crippen LogP contribution in [0.15, 0.2) is 57.9 Å². The number of amides is 1. The number of fused-ring (bicyclic) bond motifs is 1. The van der Waals surface area contributed by atoms with E-state index in [0.29, 0.717) is 35.8 Å². The highest BCUT2D eigenvalue weighted by Gasteiger charge is 2.53. The number of rotatable bonds is 6. The molecule has 1 aliphatic carbocycles. The molecule has 9 nitrogen and oxygen atoms in total. The van der Waals surface area contributed by atoms with Gasteiger partial charge in [-0.15, -0.1) is 0 Å². The van der Waals surface area contributed by atoms with Crippen LogP contribution < -0.4 is 19.9 Å². The first kappa shape index (κ1) is 19.6. The molecule has 0 bridgehead atoms. The number of benzene rings is 2. The Labute approximate surface area is 178 Å². The molecule has 3 aromatic rings. The molecule has 1 aromatic heterocycles. The van der Waals surface area contributed by atoms with Gasteiger partial charge in [0.15, 0.2) is 17.3 Å². The number of nitrogens with one attached hydrogen (secondary N) is 1. The predicted molar refractivity (Wildman–Crippen MR) is 109 cm³/mol. The first-order chi connectivity index (χ1) is 14.8. The molecule has 2 heterocycles. The van der Waals surface area contributed by atoms with Crippen LogP contribution in [0.1, 0.15) is 24.1 Å². The number of primary sulfonamides is 1. The summed E-state index contributed by atoms with van der Waals surface area (Å²) in [5.41, 5.74) is 1.42. The summed E-state index contributed by atoms with van der Waals surface area (Å²) in [6.45, 7) is 0.451. The lowest BCUT2D eigenvalue weighted by atomic mass is 10.00. The molecule has 2 aliphatic rings. The van der Waals surface area contributed by atoms with E-state index in [1.54, 1.807) is 24.3 Å². The normalized spacial score (nSPS) is 16.2. The number of hydrogen-bond acceptors (Lipinski definition) is 7. The van der Waals surface area contributed by atoms with Crippen LogP contribution in [0.25, 0.3) is 11.3 Å². The van der Waals surface area contributed by atoms with E-state index in [4.69, 9.17) is 19.1 Å². The molecule has 160 valence electrons. The zero-order chi connectivity index (χ0) is 21.6. The van der Waals surface area contributed by atoms with E-state index < -0.39 is 15.4 Å². The Morgan fingerprint density at radius 1 is 1.06 bits per heavy atom. The largest absolute Gasteiger partial charge is 0.454 e. The quantitative estimate of drug-likeness (QED) is 0.598. The molecule has 1 aliphatic heterocycles. The molecule has 31 heavy (non-hydrogen) atoms. The number of nitrogens with zero attached hydrogens (tertiary/aromatic N) is 1. The van der Waals surface area contributed by atoms with Gasteiger partial charge in [-0.25, -0.2) is 13.6 Å². The maximum Gasteiger partial charge on any atom is 0.238 e. The molecule has 2 aromatic carbocycles. The van der Waals surface area contributed by atoms with Crippen molar-refractivity contribution < 1.29 is 27.2 Å². The fraction of sp³-hybridized carbons (Fsp3) is 0.238. The average molecular weight is 441 g/mol. The molecular formula is C21H19N3O6S. The molecule has 0 radical (unpaired) electrons. The second-order valence-electron chi connectivity index (χ2n) is 7.60. The predicted octanol–water partition coefficient (Wildman–Crippen LogP) is 2.07. The van der Waals surface area contributed by atoms with E-state index in [2.05, 4.69) is 10.5 Å². The summed E-state index contributed by atoms with van der Waals surface area (Å²) in [6, 6.07) is 13.3. The second kappa shape index (κ2) is 7.10. The zero-order valence-electron chi connectivity index (χ0n) is 16.3. The average Bonchev–Trinajstić information content (AvgIpc) is 3.19. The lowest BCUT2D eigenvalue weighted by molar-refractivity contribution is -0.123. The van der Waals surface area contributed by atoms with Crippen LogP contribution in [0.3, 0.4) is 0 Å². The van der Waals surface area contributed by atoms with Crippen molar-refractivity contribution in [1.82, 2.24) is 10.5 Å². The van der Waals surface area contributed by atoms with Crippen molar-refractivity contribution in [3.8, 4) is 22.8 Å². The molecule has 5 rings (SSSR count). The minimum atomic E-state index is -3.75. The SMILES string of the molecule is NS(=O)(=O)c1ccc(CNC(=O)C2(c3cc(-c4ccc5c(c4)OCO5)on3)CC2)cc1. The summed E-state index contributed by atoms with van der Waals surface area (Å²) >= 11 is 0. The van der Waals surface area contributed by atoms with Gasteiger partial charge in [0.1, 0.15) is 0 Å². The van der Waals surface area contributed by atoms with Crippen LogP contribution in [0.2, 0.25) is 0 Å². The molecule has 1 amide bonds. The fourth-order valence-corrected chi connectivity index (χ4v) is 4.08. The molecule has 10 heteroatoms. The number of sulfonamides is 1. The molecular weight excluding hydrogens is 422 g/mol. The van der Waals surface area contributed by atoms with Crippen LogP contribution in [-0.4, -0.2) is 26.3 Å². The number of aromatic nitrogens is 1. The number of carbonyl (C=O) groups is 1. The number of carbonyl (C=O) groups excluding carboxylic acids is 1. The van der Waals surface area contributed by atoms with Gasteiger partial charge < -0.3 is 19.3 Å². The van der Waals surface area contributed by atoms with E-state index >= 15 is 0 Å². The van der Waals surface area contributed by atoms with E-state index in [1.807, 2.05) is 12.1 Å². The van der Waals surface area contributed by atoms with Gasteiger partial charge in [0, 0.05) is 18.2 Å². The summed E-state index contributed by atoms with van der Waals surface area (Å²) in [6.07, 6.45) is 1.35. The number of hydrogen-bond donors (Lipinski definition) is 2. The molecule has 0 atom stereocenters. The Kier molecular flexibility index (Phi) is 4.49. The van der Waals surface area contributed by atoms with Crippen molar-refractivity contribution in [3.63, 3.8) is 0 Å². The number of nitrogens with two attached hydrogens (primary N) is 1. The van der Waals surface area contributed by atoms with Gasteiger partial charge in [-0.05, 0) is 48.7 Å². The van der Waals surface area contributed by atoms with Crippen molar-refractivity contribution in [2.24, 2.45) is 5.14 Å². The van der Waals surface area contributed by atoms with Gasteiger partial charge in [-0.3, -0.25) is 4.79 Å². The molecule has 0 spiro atoms. The third kappa shape index (κ3) is 3.64. The molecule has 1 fully saturated rings. The van der Waals surface area contributed by atoms with E-state index in [9.17, 15) is 13.2 Å². The lowest BCUT2D eigenvalue weighted by Gasteiger charge is -2.12. The Balaban J connectivity index is 1.28. The zero-order valence-corrected chi connectivity index (χ0v) is 17.1. The summed E-state index contributed by atoms with van der Waals surface area (Å²) in [7, 11) is -3.75. The Morgan fingerprint density at radius 3 is 2.52 bits per heavy atom. The second-order valence-corrected chi connectivity index (χ2v) is 9.16. The van der Waals surface area contributed by atoms with Crippen molar-refractivity contribution in [3.05, 3.63) is 59.8 Å². The third-order valence-electron chi connectivity index (χ3n) is 5.55. The highest BCUT2D eigenvalue weighted by Crippen LogP contribution is 2.49. The summed E-state index contributed by atoms with van der Waals surface area (Å²) in [4.78, 5) is 12.9. The van der Waals surface area contributed by atoms with Crippen LogP contribution in [0.4, 0.5) is 0 Å². The van der Waals surface area contributed by atoms with E-state index in [1.165, 1.54) is 12.1 Å². The molecule has 0 saturated heterocycles. The minimum absolute atomic E-state index is 0.0277. The standard InChI is InChI=1S/C21H19N3O6S/c22-31(26,27)15-4-1-13(2-5-15)11-23-20(25)21(7-8-21)19-10-17(30-24-19)14-3-6-16-18(9-14)29-12-28-16/h1-6,9-10H,7-8,11-12H2,(H,23,25)(H2,22,26,27). The smallest absolute Gasteiger partial charge is 0.238 e. The first-order valence-electron chi connectivity index (χ1n) is 9.62. The van der Waals surface area contributed by atoms with Crippen LogP contribution >= 0.6 is 0 Å². The molecule has 0 unspecified atom stereocenters. The van der Waals surface area contributed by atoms with Crippen LogP contribution in [0.5, 0.6) is 11.5 Å². The number of ether oxygens (including phenoxy) is 2. The van der Waals surface area contributed by atoms with Gasteiger partial charge >= 0.3 is 0 Å². The van der Waals surface area contributed by atoms with Crippen LogP contribution in [0, 0.1) is 0 Å². The Hall–Kier alpha value is -3.37. The van der Waals surface area contributed by atoms with E-state index in [0.717, 1.165) is 11.1 Å². The highest BCUT2D eigenvalue weighted by molar-refractivity contribution is 7.89. The molecule has 1 saturated carbocycles. The van der Waals surface area contributed by atoms with Crippen molar-refractivity contribution in [1.29, 1.82) is 0 Å². The first-order valence-corrected chi connectivity index (χ1v) is 11.2.